The Morgan fingerprint density at radius 2 is 2.07 bits per heavy atom. The average Bonchev–Trinajstić information content (AvgIpc) is 2.01. The molecule has 0 spiro atoms. The SMILES string of the molecule is C=C1C=CC=C(CN(C)C)N1C(C)C. The Morgan fingerprint density at radius 3 is 2.57 bits per heavy atom. The van der Waals surface area contributed by atoms with Crippen molar-refractivity contribution in [2.45, 2.75) is 19.9 Å². The highest BCUT2D eigenvalue weighted by Crippen LogP contribution is 2.21. The predicted molar refractivity (Wildman–Crippen MR) is 61.9 cm³/mol. The summed E-state index contributed by atoms with van der Waals surface area (Å²) in [5.74, 6) is 0. The molecule has 0 aliphatic carbocycles. The summed E-state index contributed by atoms with van der Waals surface area (Å²) in [6.45, 7) is 9.39. The van der Waals surface area contributed by atoms with Gasteiger partial charge >= 0.3 is 0 Å². The summed E-state index contributed by atoms with van der Waals surface area (Å²) in [5, 5.41) is 0. The Labute approximate surface area is 87.2 Å². The minimum absolute atomic E-state index is 0.471. The molecule has 78 valence electrons. The molecule has 0 N–H and O–H groups in total. The summed E-state index contributed by atoms with van der Waals surface area (Å²) in [6, 6.07) is 0.471. The Hall–Kier alpha value is -1.02. The van der Waals surface area contributed by atoms with Gasteiger partial charge in [-0.2, -0.15) is 0 Å². The van der Waals surface area contributed by atoms with Crippen LogP contribution in [0.25, 0.3) is 0 Å². The molecule has 0 radical (unpaired) electrons. The van der Waals surface area contributed by atoms with Crippen LogP contribution in [0.4, 0.5) is 0 Å². The monoisotopic (exact) mass is 192 g/mol. The van der Waals surface area contributed by atoms with E-state index in [2.05, 4.69) is 62.5 Å². The highest BCUT2D eigenvalue weighted by Gasteiger charge is 2.17. The first-order valence-electron chi connectivity index (χ1n) is 5.02. The molecular weight excluding hydrogens is 172 g/mol. The fourth-order valence-electron chi connectivity index (χ4n) is 1.73. The minimum atomic E-state index is 0.471. The minimum Gasteiger partial charge on any atom is -0.342 e. The van der Waals surface area contributed by atoms with E-state index in [1.54, 1.807) is 0 Å². The van der Waals surface area contributed by atoms with E-state index >= 15 is 0 Å². The first-order valence-corrected chi connectivity index (χ1v) is 5.02. The van der Waals surface area contributed by atoms with Gasteiger partial charge in [-0.25, -0.2) is 0 Å². The standard InChI is InChI=1S/C12H20N2/c1-10(2)14-11(3)7-6-8-12(14)9-13(4)5/h6-8,10H,3,9H2,1-2,4-5H3. The maximum Gasteiger partial charge on any atom is 0.0381 e. The second-order valence-electron chi connectivity index (χ2n) is 4.21. The third-order valence-electron chi connectivity index (χ3n) is 2.19. The van der Waals surface area contributed by atoms with E-state index < -0.39 is 0 Å². The van der Waals surface area contributed by atoms with Crippen molar-refractivity contribution in [3.63, 3.8) is 0 Å². The molecule has 1 heterocycles. The molecule has 0 fully saturated rings. The molecule has 2 nitrogen and oxygen atoms in total. The van der Waals surface area contributed by atoms with Gasteiger partial charge in [-0.1, -0.05) is 12.7 Å². The Kier molecular flexibility index (Phi) is 3.53. The average molecular weight is 192 g/mol. The van der Waals surface area contributed by atoms with E-state index in [4.69, 9.17) is 0 Å². The van der Waals surface area contributed by atoms with Crippen LogP contribution in [0.3, 0.4) is 0 Å². The molecule has 1 aliphatic rings. The number of hydrogen-bond acceptors (Lipinski definition) is 2. The normalized spacial score (nSPS) is 16.9. The van der Waals surface area contributed by atoms with Gasteiger partial charge in [0.25, 0.3) is 0 Å². The van der Waals surface area contributed by atoms with Crippen LogP contribution in [-0.2, 0) is 0 Å². The van der Waals surface area contributed by atoms with E-state index in [0.717, 1.165) is 12.2 Å². The number of nitrogens with zero attached hydrogens (tertiary/aromatic N) is 2. The number of allylic oxidation sites excluding steroid dienone is 3. The van der Waals surface area contributed by atoms with E-state index in [9.17, 15) is 0 Å². The van der Waals surface area contributed by atoms with Crippen LogP contribution in [0.15, 0.2) is 36.2 Å². The molecule has 14 heavy (non-hydrogen) atoms. The summed E-state index contributed by atoms with van der Waals surface area (Å²) in [7, 11) is 4.17. The van der Waals surface area contributed by atoms with Gasteiger partial charge in [0.15, 0.2) is 0 Å². The van der Waals surface area contributed by atoms with Gasteiger partial charge in [0.1, 0.15) is 0 Å². The third kappa shape index (κ3) is 2.48. The van der Waals surface area contributed by atoms with Crippen LogP contribution in [0.2, 0.25) is 0 Å². The van der Waals surface area contributed by atoms with Crippen molar-refractivity contribution in [3.05, 3.63) is 36.2 Å². The van der Waals surface area contributed by atoms with Crippen molar-refractivity contribution in [2.24, 2.45) is 0 Å². The summed E-state index contributed by atoms with van der Waals surface area (Å²) < 4.78 is 0. The van der Waals surface area contributed by atoms with Crippen molar-refractivity contribution < 1.29 is 0 Å². The maximum absolute atomic E-state index is 4.05. The molecule has 0 bridgehead atoms. The topological polar surface area (TPSA) is 6.48 Å². The van der Waals surface area contributed by atoms with Crippen molar-refractivity contribution in [1.29, 1.82) is 0 Å². The van der Waals surface area contributed by atoms with Gasteiger partial charge in [-0.3, -0.25) is 0 Å². The molecule has 0 saturated carbocycles. The first-order chi connectivity index (χ1) is 6.52. The zero-order chi connectivity index (χ0) is 10.7. The smallest absolute Gasteiger partial charge is 0.0381 e. The van der Waals surface area contributed by atoms with Gasteiger partial charge in [0, 0.05) is 24.0 Å². The molecule has 2 heteroatoms. The zero-order valence-corrected chi connectivity index (χ0v) is 9.62. The Balaban J connectivity index is 2.83. The largest absolute Gasteiger partial charge is 0.342 e. The van der Waals surface area contributed by atoms with E-state index in [1.165, 1.54) is 5.70 Å². The molecule has 0 unspecified atom stereocenters. The number of rotatable bonds is 3. The van der Waals surface area contributed by atoms with Crippen LogP contribution < -0.4 is 0 Å². The van der Waals surface area contributed by atoms with Gasteiger partial charge in [-0.15, -0.1) is 0 Å². The van der Waals surface area contributed by atoms with Crippen molar-refractivity contribution in [1.82, 2.24) is 9.80 Å². The molecule has 1 aliphatic heterocycles. The highest BCUT2D eigenvalue weighted by atomic mass is 15.2. The fourth-order valence-corrected chi connectivity index (χ4v) is 1.73. The number of likely N-dealkylation sites (N-methyl/N-ethyl adjacent to an activating group) is 1. The number of hydrogen-bond donors (Lipinski definition) is 0. The van der Waals surface area contributed by atoms with Gasteiger partial charge in [0.05, 0.1) is 0 Å². The fraction of sp³-hybridized carbons (Fsp3) is 0.500. The molecule has 0 atom stereocenters. The molecule has 0 aromatic carbocycles. The van der Waals surface area contributed by atoms with Gasteiger partial charge in [0.2, 0.25) is 0 Å². The van der Waals surface area contributed by atoms with Crippen LogP contribution in [-0.4, -0.2) is 36.5 Å². The maximum atomic E-state index is 4.05. The van der Waals surface area contributed by atoms with Crippen molar-refractivity contribution in [2.75, 3.05) is 20.6 Å². The van der Waals surface area contributed by atoms with E-state index in [-0.39, 0.29) is 0 Å². The van der Waals surface area contributed by atoms with Gasteiger partial charge < -0.3 is 9.80 Å². The Bertz CT molecular complexity index is 272. The van der Waals surface area contributed by atoms with Crippen LogP contribution >= 0.6 is 0 Å². The molecule has 0 aromatic heterocycles. The van der Waals surface area contributed by atoms with Crippen LogP contribution in [0.1, 0.15) is 13.8 Å². The lowest BCUT2D eigenvalue weighted by Gasteiger charge is -2.34. The zero-order valence-electron chi connectivity index (χ0n) is 9.62. The second-order valence-corrected chi connectivity index (χ2v) is 4.21. The Morgan fingerprint density at radius 1 is 1.43 bits per heavy atom. The summed E-state index contributed by atoms with van der Waals surface area (Å²) >= 11 is 0. The summed E-state index contributed by atoms with van der Waals surface area (Å²) in [5.41, 5.74) is 2.40. The van der Waals surface area contributed by atoms with Crippen LogP contribution in [0.5, 0.6) is 0 Å². The van der Waals surface area contributed by atoms with Crippen molar-refractivity contribution >= 4 is 0 Å². The molecular formula is C12H20N2. The summed E-state index contributed by atoms with van der Waals surface area (Å²) in [6.07, 6.45) is 6.29. The van der Waals surface area contributed by atoms with E-state index in [0.29, 0.717) is 6.04 Å². The lowest BCUT2D eigenvalue weighted by Crippen LogP contribution is -2.34. The molecule has 1 rings (SSSR count). The first kappa shape index (κ1) is 11.1. The lowest BCUT2D eigenvalue weighted by atomic mass is 10.1. The molecule has 0 saturated heterocycles. The van der Waals surface area contributed by atoms with Crippen molar-refractivity contribution in [3.8, 4) is 0 Å². The molecule has 0 amide bonds. The predicted octanol–water partition coefficient (Wildman–Crippen LogP) is 2.23. The summed E-state index contributed by atoms with van der Waals surface area (Å²) in [4.78, 5) is 4.45. The van der Waals surface area contributed by atoms with Crippen LogP contribution in [0, 0.1) is 0 Å². The third-order valence-corrected chi connectivity index (χ3v) is 2.19. The second kappa shape index (κ2) is 4.47. The van der Waals surface area contributed by atoms with Gasteiger partial charge in [-0.05, 0) is 40.1 Å². The quantitative estimate of drug-likeness (QED) is 0.676. The highest BCUT2D eigenvalue weighted by molar-refractivity contribution is 5.31. The lowest BCUT2D eigenvalue weighted by molar-refractivity contribution is 0.314. The van der Waals surface area contributed by atoms with E-state index in [1.807, 2.05) is 0 Å². The molecule has 0 aromatic rings.